The summed E-state index contributed by atoms with van der Waals surface area (Å²) in [6.07, 6.45) is 1.62. The molecule has 0 saturated carbocycles. The lowest BCUT2D eigenvalue weighted by Gasteiger charge is -2.01. The molecule has 1 N–H and O–H groups in total. The summed E-state index contributed by atoms with van der Waals surface area (Å²) < 4.78 is 5.81. The average molecular weight is 328 g/mol. The Bertz CT molecular complexity index is 541. The molecule has 0 saturated heterocycles. The zero-order valence-electron chi connectivity index (χ0n) is 9.51. The number of pyridine rings is 1. The van der Waals surface area contributed by atoms with E-state index in [4.69, 9.17) is 4.74 Å². The summed E-state index contributed by atoms with van der Waals surface area (Å²) in [7, 11) is 1.59. The Balaban J connectivity index is 2.04. The summed E-state index contributed by atoms with van der Waals surface area (Å²) in [5.41, 5.74) is 0.372. The third kappa shape index (κ3) is 3.34. The maximum Gasteiger partial charge on any atom is 0.276 e. The predicted molar refractivity (Wildman–Crippen MR) is 72.7 cm³/mol. The van der Waals surface area contributed by atoms with Crippen LogP contribution >= 0.6 is 27.3 Å². The molecular formula is C11H10BrN3O2S. The second-order valence-electron chi connectivity index (χ2n) is 3.38. The molecule has 0 fully saturated rings. The molecule has 1 amide bonds. The number of methoxy groups -OCH3 is 1. The minimum absolute atomic E-state index is 0.275. The highest BCUT2D eigenvalue weighted by molar-refractivity contribution is 9.10. The Morgan fingerprint density at radius 1 is 1.56 bits per heavy atom. The summed E-state index contributed by atoms with van der Waals surface area (Å²) in [5.74, 6) is 0.216. The molecule has 2 rings (SSSR count). The highest BCUT2D eigenvalue weighted by Crippen LogP contribution is 2.14. The number of carbonyl (C=O) groups is 1. The van der Waals surface area contributed by atoms with Crippen molar-refractivity contribution in [1.29, 1.82) is 0 Å². The first kappa shape index (κ1) is 13.1. The van der Waals surface area contributed by atoms with Crippen molar-refractivity contribution in [1.82, 2.24) is 9.97 Å². The lowest BCUT2D eigenvalue weighted by Crippen LogP contribution is -2.13. The zero-order valence-corrected chi connectivity index (χ0v) is 11.9. The molecule has 0 atom stereocenters. The molecule has 0 aliphatic heterocycles. The number of ether oxygens (including phenoxy) is 1. The first-order valence-electron chi connectivity index (χ1n) is 5.05. The first-order chi connectivity index (χ1) is 8.69. The fraction of sp³-hybridized carbons (Fsp3) is 0.182. The number of aromatic nitrogens is 2. The van der Waals surface area contributed by atoms with Crippen LogP contribution in [0.4, 0.5) is 5.82 Å². The summed E-state index contributed by atoms with van der Waals surface area (Å²) in [5, 5.41) is 5.14. The summed E-state index contributed by atoms with van der Waals surface area (Å²) in [6.45, 7) is 0.411. The molecule has 5 nitrogen and oxygen atoms in total. The Labute approximate surface area is 116 Å². The van der Waals surface area contributed by atoms with Crippen LogP contribution in [0.25, 0.3) is 0 Å². The van der Waals surface area contributed by atoms with Gasteiger partial charge in [0.1, 0.15) is 16.5 Å². The second kappa shape index (κ2) is 6.03. The summed E-state index contributed by atoms with van der Waals surface area (Å²) in [4.78, 5) is 20.1. The Hall–Kier alpha value is -1.31. The Morgan fingerprint density at radius 2 is 2.39 bits per heavy atom. The van der Waals surface area contributed by atoms with E-state index in [0.29, 0.717) is 18.1 Å². The Kier molecular flexibility index (Phi) is 4.40. The maximum absolute atomic E-state index is 11.9. The number of nitrogens with zero attached hydrogens (tertiary/aromatic N) is 2. The van der Waals surface area contributed by atoms with E-state index < -0.39 is 0 Å². The lowest BCUT2D eigenvalue weighted by molar-refractivity contribution is 0.102. The van der Waals surface area contributed by atoms with Gasteiger partial charge in [0.25, 0.3) is 5.91 Å². The van der Waals surface area contributed by atoms with Gasteiger partial charge in [-0.2, -0.15) is 0 Å². The van der Waals surface area contributed by atoms with Gasteiger partial charge in [-0.05, 0) is 28.1 Å². The zero-order chi connectivity index (χ0) is 13.0. The summed E-state index contributed by atoms with van der Waals surface area (Å²) in [6, 6.07) is 3.52. The van der Waals surface area contributed by atoms with Crippen LogP contribution in [-0.2, 0) is 11.3 Å². The second-order valence-corrected chi connectivity index (χ2v) is 5.23. The standard InChI is InChI=1S/C11H10BrN3O2S/c1-17-5-10-14-8(6-18-10)11(16)15-9-3-2-7(12)4-13-9/h2-4,6H,5H2,1H3,(H,13,15,16). The van der Waals surface area contributed by atoms with Gasteiger partial charge in [-0.3, -0.25) is 4.79 Å². The van der Waals surface area contributed by atoms with Crippen LogP contribution in [0.2, 0.25) is 0 Å². The fourth-order valence-electron chi connectivity index (χ4n) is 1.24. The quantitative estimate of drug-likeness (QED) is 0.937. The number of nitrogens with one attached hydrogen (secondary N) is 1. The molecule has 0 aliphatic carbocycles. The normalized spacial score (nSPS) is 10.3. The molecule has 0 bridgehead atoms. The van der Waals surface area contributed by atoms with Crippen LogP contribution in [0, 0.1) is 0 Å². The number of halogens is 1. The van der Waals surface area contributed by atoms with Gasteiger partial charge in [0.2, 0.25) is 0 Å². The van der Waals surface area contributed by atoms with Crippen molar-refractivity contribution in [3.63, 3.8) is 0 Å². The van der Waals surface area contributed by atoms with Gasteiger partial charge in [-0.15, -0.1) is 11.3 Å². The van der Waals surface area contributed by atoms with E-state index in [2.05, 4.69) is 31.2 Å². The molecule has 7 heteroatoms. The number of thiazole rings is 1. The van der Waals surface area contributed by atoms with Crippen molar-refractivity contribution in [2.75, 3.05) is 12.4 Å². The van der Waals surface area contributed by atoms with Crippen molar-refractivity contribution >= 4 is 39.0 Å². The molecule has 2 aromatic rings. The van der Waals surface area contributed by atoms with E-state index in [1.165, 1.54) is 11.3 Å². The van der Waals surface area contributed by atoms with Crippen LogP contribution in [0.15, 0.2) is 28.2 Å². The molecule has 0 unspecified atom stereocenters. The minimum Gasteiger partial charge on any atom is -0.378 e. The van der Waals surface area contributed by atoms with Crippen LogP contribution < -0.4 is 5.32 Å². The van der Waals surface area contributed by atoms with Gasteiger partial charge < -0.3 is 10.1 Å². The molecule has 0 spiro atoms. The fourth-order valence-corrected chi connectivity index (χ4v) is 2.21. The maximum atomic E-state index is 11.9. The highest BCUT2D eigenvalue weighted by Gasteiger charge is 2.11. The molecule has 2 heterocycles. The monoisotopic (exact) mass is 327 g/mol. The van der Waals surface area contributed by atoms with Gasteiger partial charge in [0.15, 0.2) is 0 Å². The third-order valence-electron chi connectivity index (χ3n) is 2.02. The van der Waals surface area contributed by atoms with Crippen LogP contribution in [0.5, 0.6) is 0 Å². The van der Waals surface area contributed by atoms with Gasteiger partial charge in [-0.1, -0.05) is 0 Å². The first-order valence-corrected chi connectivity index (χ1v) is 6.72. The van der Waals surface area contributed by atoms with Crippen molar-refractivity contribution in [3.8, 4) is 0 Å². The summed E-state index contributed by atoms with van der Waals surface area (Å²) >= 11 is 4.67. The van der Waals surface area contributed by atoms with E-state index in [1.54, 1.807) is 30.8 Å². The van der Waals surface area contributed by atoms with E-state index in [0.717, 1.165) is 9.48 Å². The number of rotatable bonds is 4. The van der Waals surface area contributed by atoms with Gasteiger partial charge in [-0.25, -0.2) is 9.97 Å². The van der Waals surface area contributed by atoms with Gasteiger partial charge in [0.05, 0.1) is 6.61 Å². The number of hydrogen-bond donors (Lipinski definition) is 1. The lowest BCUT2D eigenvalue weighted by atomic mass is 10.4. The predicted octanol–water partition coefficient (Wildman–Crippen LogP) is 2.70. The van der Waals surface area contributed by atoms with Crippen molar-refractivity contribution < 1.29 is 9.53 Å². The smallest absolute Gasteiger partial charge is 0.276 e. The molecule has 2 aromatic heterocycles. The van der Waals surface area contributed by atoms with E-state index in [9.17, 15) is 4.79 Å². The van der Waals surface area contributed by atoms with E-state index >= 15 is 0 Å². The van der Waals surface area contributed by atoms with Crippen molar-refractivity contribution in [3.05, 3.63) is 38.9 Å². The van der Waals surface area contributed by atoms with Crippen LogP contribution in [0.3, 0.4) is 0 Å². The SMILES string of the molecule is COCc1nc(C(=O)Nc2ccc(Br)cn2)cs1. The van der Waals surface area contributed by atoms with Crippen LogP contribution in [0.1, 0.15) is 15.5 Å². The number of hydrogen-bond acceptors (Lipinski definition) is 5. The topological polar surface area (TPSA) is 64.1 Å². The largest absolute Gasteiger partial charge is 0.378 e. The van der Waals surface area contributed by atoms with Crippen LogP contribution in [-0.4, -0.2) is 23.0 Å². The molecular weight excluding hydrogens is 318 g/mol. The number of amides is 1. The minimum atomic E-state index is -0.275. The third-order valence-corrected chi connectivity index (χ3v) is 3.31. The average Bonchev–Trinajstić information content (AvgIpc) is 2.81. The van der Waals surface area contributed by atoms with Gasteiger partial charge in [0, 0.05) is 23.2 Å². The number of anilines is 1. The molecule has 0 aromatic carbocycles. The van der Waals surface area contributed by atoms with Crippen molar-refractivity contribution in [2.45, 2.75) is 6.61 Å². The van der Waals surface area contributed by atoms with E-state index in [1.807, 2.05) is 0 Å². The molecule has 0 aliphatic rings. The van der Waals surface area contributed by atoms with E-state index in [-0.39, 0.29) is 5.91 Å². The van der Waals surface area contributed by atoms with Gasteiger partial charge >= 0.3 is 0 Å². The number of carbonyl (C=O) groups excluding carboxylic acids is 1. The van der Waals surface area contributed by atoms with Crippen molar-refractivity contribution in [2.24, 2.45) is 0 Å². The highest BCUT2D eigenvalue weighted by atomic mass is 79.9. The molecule has 94 valence electrons. The Morgan fingerprint density at radius 3 is 3.06 bits per heavy atom. The molecule has 18 heavy (non-hydrogen) atoms. The molecule has 0 radical (unpaired) electrons.